The van der Waals surface area contributed by atoms with E-state index < -0.39 is 0 Å². The molecule has 0 saturated carbocycles. The van der Waals surface area contributed by atoms with Crippen LogP contribution in [0.2, 0.25) is 0 Å². The molecular formula is C26H28FN5O3. The molecule has 4 aromatic rings. The molecule has 1 fully saturated rings. The zero-order valence-electron chi connectivity index (χ0n) is 20.1. The number of carbonyl (C=O) groups is 2. The fourth-order valence-corrected chi connectivity index (χ4v) is 5.06. The number of benzene rings is 2. The predicted molar refractivity (Wildman–Crippen MR) is 130 cm³/mol. The third-order valence-electron chi connectivity index (χ3n) is 6.84. The monoisotopic (exact) mass is 477 g/mol. The second-order valence-corrected chi connectivity index (χ2v) is 8.99. The first-order valence-electron chi connectivity index (χ1n) is 11.9. The quantitative estimate of drug-likeness (QED) is 0.406. The van der Waals surface area contributed by atoms with Gasteiger partial charge >= 0.3 is 5.97 Å². The Morgan fingerprint density at radius 3 is 2.66 bits per heavy atom. The number of piperidine rings is 1. The number of likely N-dealkylation sites (tertiary alicyclic amines) is 1. The minimum Gasteiger partial charge on any atom is -0.465 e. The molecule has 2 aromatic heterocycles. The van der Waals surface area contributed by atoms with E-state index in [0.717, 1.165) is 40.6 Å². The van der Waals surface area contributed by atoms with Gasteiger partial charge in [0, 0.05) is 38.4 Å². The van der Waals surface area contributed by atoms with Crippen LogP contribution in [-0.4, -0.2) is 56.0 Å². The highest BCUT2D eigenvalue weighted by Gasteiger charge is 2.28. The fourth-order valence-electron chi connectivity index (χ4n) is 5.06. The van der Waals surface area contributed by atoms with E-state index in [0.29, 0.717) is 30.6 Å². The van der Waals surface area contributed by atoms with Gasteiger partial charge in [0.25, 0.3) is 0 Å². The highest BCUT2D eigenvalue weighted by molar-refractivity contribution is 5.99. The molecular weight excluding hydrogens is 449 g/mol. The van der Waals surface area contributed by atoms with Crippen LogP contribution in [0.1, 0.15) is 38.3 Å². The lowest BCUT2D eigenvalue weighted by atomic mass is 9.89. The maximum atomic E-state index is 15.0. The number of amides is 1. The van der Waals surface area contributed by atoms with Crippen molar-refractivity contribution in [2.75, 3.05) is 19.7 Å². The van der Waals surface area contributed by atoms with Crippen LogP contribution >= 0.6 is 0 Å². The van der Waals surface area contributed by atoms with Gasteiger partial charge in [-0.25, -0.2) is 4.39 Å². The molecule has 182 valence electrons. The number of esters is 1. The number of ether oxygens (including phenoxy) is 1. The summed E-state index contributed by atoms with van der Waals surface area (Å²) in [6, 6.07) is 9.26. The van der Waals surface area contributed by atoms with Crippen molar-refractivity contribution < 1.29 is 18.7 Å². The molecule has 0 spiro atoms. The van der Waals surface area contributed by atoms with Gasteiger partial charge in [-0.1, -0.05) is 12.1 Å². The Morgan fingerprint density at radius 1 is 1.17 bits per heavy atom. The zero-order chi connectivity index (χ0) is 24.7. The van der Waals surface area contributed by atoms with Crippen molar-refractivity contribution in [3.63, 3.8) is 0 Å². The molecule has 0 unspecified atom stereocenters. The van der Waals surface area contributed by atoms with Crippen LogP contribution in [0.3, 0.4) is 0 Å². The van der Waals surface area contributed by atoms with E-state index >= 15 is 4.39 Å². The Labute approximate surface area is 202 Å². The molecule has 35 heavy (non-hydrogen) atoms. The molecule has 8 nitrogen and oxygen atoms in total. The number of aryl methyl sites for hydroxylation is 1. The number of hydrogen-bond acceptors (Lipinski definition) is 5. The topological polar surface area (TPSA) is 82.2 Å². The normalized spacial score (nSPS) is 14.7. The number of hydrogen-bond donors (Lipinski definition) is 0. The summed E-state index contributed by atoms with van der Waals surface area (Å²) in [7, 11) is 1.79. The lowest BCUT2D eigenvalue weighted by Gasteiger charge is -2.30. The van der Waals surface area contributed by atoms with Crippen LogP contribution in [0, 0.1) is 5.82 Å². The first kappa shape index (κ1) is 23.0. The Balaban J connectivity index is 1.66. The van der Waals surface area contributed by atoms with E-state index in [4.69, 9.17) is 9.84 Å². The van der Waals surface area contributed by atoms with Crippen LogP contribution in [0.15, 0.2) is 36.5 Å². The Bertz CT molecular complexity index is 1430. The smallest absolute Gasteiger partial charge is 0.327 e. The average molecular weight is 478 g/mol. The number of carbonyl (C=O) groups excluding carboxylic acids is 2. The molecule has 0 N–H and O–H groups in total. The minimum absolute atomic E-state index is 0.00475. The summed E-state index contributed by atoms with van der Waals surface area (Å²) >= 11 is 0. The molecule has 2 aromatic carbocycles. The zero-order valence-corrected chi connectivity index (χ0v) is 20.1. The van der Waals surface area contributed by atoms with E-state index in [1.54, 1.807) is 30.3 Å². The van der Waals surface area contributed by atoms with Gasteiger partial charge in [0.15, 0.2) is 0 Å². The van der Waals surface area contributed by atoms with Crippen LogP contribution in [-0.2, 0) is 27.9 Å². The molecule has 1 amide bonds. The molecule has 1 saturated heterocycles. The molecule has 0 bridgehead atoms. The molecule has 9 heteroatoms. The van der Waals surface area contributed by atoms with Crippen molar-refractivity contribution in [3.8, 4) is 11.1 Å². The number of nitrogens with zero attached hydrogens (tertiary/aromatic N) is 5. The number of fused-ring (bicyclic) bond motifs is 2. The van der Waals surface area contributed by atoms with Gasteiger partial charge < -0.3 is 9.64 Å². The van der Waals surface area contributed by atoms with Gasteiger partial charge in [0.05, 0.1) is 34.9 Å². The highest BCUT2D eigenvalue weighted by Crippen LogP contribution is 2.39. The summed E-state index contributed by atoms with van der Waals surface area (Å²) in [5.41, 5.74) is 3.94. The van der Waals surface area contributed by atoms with Crippen LogP contribution in [0.5, 0.6) is 0 Å². The second-order valence-electron chi connectivity index (χ2n) is 8.99. The maximum absolute atomic E-state index is 15.0. The third kappa shape index (κ3) is 4.15. The highest BCUT2D eigenvalue weighted by atomic mass is 19.1. The molecule has 0 radical (unpaired) electrons. The first-order valence-corrected chi connectivity index (χ1v) is 11.9. The van der Waals surface area contributed by atoms with Gasteiger partial charge in [-0.2, -0.15) is 10.2 Å². The van der Waals surface area contributed by atoms with Gasteiger partial charge in [0.2, 0.25) is 5.91 Å². The minimum atomic E-state index is -0.359. The van der Waals surface area contributed by atoms with Crippen LogP contribution < -0.4 is 0 Å². The van der Waals surface area contributed by atoms with Gasteiger partial charge in [-0.3, -0.25) is 19.0 Å². The van der Waals surface area contributed by atoms with Crippen molar-refractivity contribution in [1.82, 2.24) is 24.5 Å². The lowest BCUT2D eigenvalue weighted by molar-refractivity contribution is -0.144. The third-order valence-corrected chi connectivity index (χ3v) is 6.84. The van der Waals surface area contributed by atoms with E-state index in [-0.39, 0.29) is 30.2 Å². The summed E-state index contributed by atoms with van der Waals surface area (Å²) in [5.74, 6) is -0.509. The molecule has 1 aliphatic rings. The Morgan fingerprint density at radius 2 is 1.94 bits per heavy atom. The maximum Gasteiger partial charge on any atom is 0.327 e. The second kappa shape index (κ2) is 9.13. The fraction of sp³-hybridized carbons (Fsp3) is 0.385. The number of halogens is 1. The summed E-state index contributed by atoms with van der Waals surface area (Å²) in [4.78, 5) is 26.0. The van der Waals surface area contributed by atoms with Crippen molar-refractivity contribution >= 4 is 33.7 Å². The lowest BCUT2D eigenvalue weighted by Crippen LogP contribution is -2.36. The number of aromatic nitrogens is 4. The van der Waals surface area contributed by atoms with E-state index in [2.05, 4.69) is 5.10 Å². The Hall–Kier alpha value is -3.75. The first-order chi connectivity index (χ1) is 16.9. The largest absolute Gasteiger partial charge is 0.465 e. The summed E-state index contributed by atoms with van der Waals surface area (Å²) < 4.78 is 23.5. The molecule has 1 aliphatic heterocycles. The Kier molecular flexibility index (Phi) is 6.00. The van der Waals surface area contributed by atoms with Gasteiger partial charge in [0.1, 0.15) is 12.4 Å². The van der Waals surface area contributed by atoms with E-state index in [1.807, 2.05) is 29.2 Å². The van der Waals surface area contributed by atoms with Crippen molar-refractivity contribution in [2.45, 2.75) is 39.2 Å². The summed E-state index contributed by atoms with van der Waals surface area (Å²) in [6.45, 7) is 4.96. The summed E-state index contributed by atoms with van der Waals surface area (Å²) in [5, 5.41) is 10.5. The van der Waals surface area contributed by atoms with Crippen molar-refractivity contribution in [2.24, 2.45) is 7.05 Å². The predicted octanol–water partition coefficient (Wildman–Crippen LogP) is 4.02. The van der Waals surface area contributed by atoms with E-state index in [1.165, 1.54) is 12.3 Å². The van der Waals surface area contributed by atoms with Gasteiger partial charge in [-0.15, -0.1) is 0 Å². The van der Waals surface area contributed by atoms with E-state index in [9.17, 15) is 9.59 Å². The molecule has 3 heterocycles. The van der Waals surface area contributed by atoms with Crippen LogP contribution in [0.25, 0.3) is 32.9 Å². The SMILES string of the molecule is CCOC(=O)Cn1nc(C2CCN(C(C)=O)CC2)c2c(-c3cc(F)c4cnn(C)c4c3)cccc21. The molecule has 0 aliphatic carbocycles. The average Bonchev–Trinajstić information content (AvgIpc) is 3.40. The molecule has 5 rings (SSSR count). The number of rotatable bonds is 5. The van der Waals surface area contributed by atoms with Crippen LogP contribution in [0.4, 0.5) is 4.39 Å². The summed E-state index contributed by atoms with van der Waals surface area (Å²) in [6.07, 6.45) is 3.07. The standard InChI is InChI=1S/C26H28FN5O3/c1-4-35-24(34)15-32-22-7-5-6-19(18-12-21(27)20-14-28-30(3)23(20)13-18)25(22)26(29-32)17-8-10-31(11-9-17)16(2)33/h5-7,12-14,17H,4,8-11,15H2,1-3H3. The van der Waals surface area contributed by atoms with Crippen molar-refractivity contribution in [3.05, 3.63) is 48.0 Å². The van der Waals surface area contributed by atoms with Gasteiger partial charge in [-0.05, 0) is 49.1 Å². The van der Waals surface area contributed by atoms with Crippen molar-refractivity contribution in [1.29, 1.82) is 0 Å². The molecule has 0 atom stereocenters.